The molecule has 1 N–H and O–H groups in total. The SMILES string of the molecule is COc1ccc(C2NC(C)C(=O)N2CC(C)C)cc1C. The number of benzene rings is 1. The third-order valence-corrected chi connectivity index (χ3v) is 3.67. The van der Waals surface area contributed by atoms with E-state index in [2.05, 4.69) is 25.2 Å². The zero-order valence-electron chi connectivity index (χ0n) is 12.9. The number of amides is 1. The minimum Gasteiger partial charge on any atom is -0.496 e. The summed E-state index contributed by atoms with van der Waals surface area (Å²) in [6.07, 6.45) is -0.0375. The number of methoxy groups -OCH3 is 1. The molecule has 1 heterocycles. The lowest BCUT2D eigenvalue weighted by molar-refractivity contribution is -0.130. The van der Waals surface area contributed by atoms with Crippen LogP contribution in [0.1, 0.15) is 38.1 Å². The maximum absolute atomic E-state index is 12.3. The summed E-state index contributed by atoms with van der Waals surface area (Å²) in [5.74, 6) is 1.51. The van der Waals surface area contributed by atoms with Gasteiger partial charge < -0.3 is 9.64 Å². The molecule has 1 saturated heterocycles. The summed E-state index contributed by atoms with van der Waals surface area (Å²) in [7, 11) is 1.67. The Morgan fingerprint density at radius 1 is 1.40 bits per heavy atom. The van der Waals surface area contributed by atoms with Crippen LogP contribution in [0.5, 0.6) is 5.75 Å². The first-order valence-corrected chi connectivity index (χ1v) is 7.15. The van der Waals surface area contributed by atoms with Crippen molar-refractivity contribution >= 4 is 5.91 Å². The van der Waals surface area contributed by atoms with Crippen LogP contribution >= 0.6 is 0 Å². The van der Waals surface area contributed by atoms with Gasteiger partial charge in [-0.15, -0.1) is 0 Å². The van der Waals surface area contributed by atoms with Gasteiger partial charge in [0.15, 0.2) is 0 Å². The van der Waals surface area contributed by atoms with Crippen molar-refractivity contribution in [3.05, 3.63) is 29.3 Å². The summed E-state index contributed by atoms with van der Waals surface area (Å²) in [6.45, 7) is 8.98. The highest BCUT2D eigenvalue weighted by Gasteiger charge is 2.37. The van der Waals surface area contributed by atoms with Gasteiger partial charge in [0.2, 0.25) is 5.91 Å². The second kappa shape index (κ2) is 5.83. The van der Waals surface area contributed by atoms with E-state index in [0.29, 0.717) is 5.92 Å². The molecule has 0 saturated carbocycles. The molecule has 2 atom stereocenters. The van der Waals surface area contributed by atoms with Gasteiger partial charge in [0, 0.05) is 6.54 Å². The largest absolute Gasteiger partial charge is 0.496 e. The number of hydrogen-bond donors (Lipinski definition) is 1. The summed E-state index contributed by atoms with van der Waals surface area (Å²) >= 11 is 0. The van der Waals surface area contributed by atoms with E-state index in [0.717, 1.165) is 23.4 Å². The molecule has 0 radical (unpaired) electrons. The van der Waals surface area contributed by atoms with Gasteiger partial charge in [0.25, 0.3) is 0 Å². The zero-order valence-corrected chi connectivity index (χ0v) is 12.9. The van der Waals surface area contributed by atoms with E-state index < -0.39 is 0 Å². The Hall–Kier alpha value is -1.55. The van der Waals surface area contributed by atoms with Gasteiger partial charge in [-0.3, -0.25) is 10.1 Å². The Balaban J connectivity index is 2.29. The van der Waals surface area contributed by atoms with E-state index in [1.165, 1.54) is 0 Å². The molecular weight excluding hydrogens is 252 g/mol. The fourth-order valence-corrected chi connectivity index (χ4v) is 2.71. The number of nitrogens with one attached hydrogen (secondary N) is 1. The standard InChI is InChI=1S/C16H24N2O2/c1-10(2)9-18-15(17-12(4)16(18)19)13-6-7-14(20-5)11(3)8-13/h6-8,10,12,15,17H,9H2,1-5H3. The molecule has 0 aliphatic carbocycles. The van der Waals surface area contributed by atoms with Crippen molar-refractivity contribution in [1.29, 1.82) is 0 Å². The molecular formula is C16H24N2O2. The van der Waals surface area contributed by atoms with E-state index in [-0.39, 0.29) is 18.1 Å². The maximum atomic E-state index is 12.3. The van der Waals surface area contributed by atoms with Crippen molar-refractivity contribution in [2.24, 2.45) is 5.92 Å². The summed E-state index contributed by atoms with van der Waals surface area (Å²) in [5, 5.41) is 3.38. The topological polar surface area (TPSA) is 41.6 Å². The number of carbonyl (C=O) groups is 1. The van der Waals surface area contributed by atoms with Crippen LogP contribution in [0.2, 0.25) is 0 Å². The van der Waals surface area contributed by atoms with Crippen LogP contribution in [0, 0.1) is 12.8 Å². The third-order valence-electron chi connectivity index (χ3n) is 3.67. The van der Waals surface area contributed by atoms with Crippen molar-refractivity contribution in [3.63, 3.8) is 0 Å². The highest BCUT2D eigenvalue weighted by Crippen LogP contribution is 2.29. The number of rotatable bonds is 4. The van der Waals surface area contributed by atoms with Gasteiger partial charge in [-0.2, -0.15) is 0 Å². The normalized spacial score (nSPS) is 22.7. The first kappa shape index (κ1) is 14.9. The van der Waals surface area contributed by atoms with Gasteiger partial charge >= 0.3 is 0 Å². The van der Waals surface area contributed by atoms with Crippen molar-refractivity contribution in [3.8, 4) is 5.75 Å². The monoisotopic (exact) mass is 276 g/mol. The fraction of sp³-hybridized carbons (Fsp3) is 0.562. The molecule has 0 bridgehead atoms. The van der Waals surface area contributed by atoms with Crippen molar-refractivity contribution in [2.75, 3.05) is 13.7 Å². The van der Waals surface area contributed by atoms with Gasteiger partial charge in [-0.1, -0.05) is 19.9 Å². The fourth-order valence-electron chi connectivity index (χ4n) is 2.71. The Morgan fingerprint density at radius 2 is 2.10 bits per heavy atom. The minimum absolute atomic E-state index is 0.0375. The summed E-state index contributed by atoms with van der Waals surface area (Å²) in [5.41, 5.74) is 2.20. The molecule has 1 amide bonds. The molecule has 1 fully saturated rings. The first-order valence-electron chi connectivity index (χ1n) is 7.15. The van der Waals surface area contributed by atoms with Crippen LogP contribution < -0.4 is 10.1 Å². The Morgan fingerprint density at radius 3 is 2.65 bits per heavy atom. The molecule has 20 heavy (non-hydrogen) atoms. The van der Waals surface area contributed by atoms with E-state index in [4.69, 9.17) is 4.74 Å². The average molecular weight is 276 g/mol. The van der Waals surface area contributed by atoms with Crippen LogP contribution in [0.25, 0.3) is 0 Å². The lowest BCUT2D eigenvalue weighted by Gasteiger charge is -2.26. The van der Waals surface area contributed by atoms with Crippen LogP contribution in [0.3, 0.4) is 0 Å². The highest BCUT2D eigenvalue weighted by atomic mass is 16.5. The average Bonchev–Trinajstić information content (AvgIpc) is 2.66. The van der Waals surface area contributed by atoms with E-state index in [9.17, 15) is 4.79 Å². The van der Waals surface area contributed by atoms with Crippen LogP contribution in [-0.4, -0.2) is 30.5 Å². The van der Waals surface area contributed by atoms with Crippen LogP contribution in [0.4, 0.5) is 0 Å². The highest BCUT2D eigenvalue weighted by molar-refractivity contribution is 5.84. The van der Waals surface area contributed by atoms with Crippen molar-refractivity contribution in [2.45, 2.75) is 39.9 Å². The summed E-state index contributed by atoms with van der Waals surface area (Å²) in [6, 6.07) is 5.96. The molecule has 2 unspecified atom stereocenters. The summed E-state index contributed by atoms with van der Waals surface area (Å²) < 4.78 is 5.30. The molecule has 4 nitrogen and oxygen atoms in total. The van der Waals surface area contributed by atoms with Crippen LogP contribution in [0.15, 0.2) is 18.2 Å². The smallest absolute Gasteiger partial charge is 0.241 e. The van der Waals surface area contributed by atoms with E-state index >= 15 is 0 Å². The first-order chi connectivity index (χ1) is 9.43. The lowest BCUT2D eigenvalue weighted by Crippen LogP contribution is -2.33. The zero-order chi connectivity index (χ0) is 14.9. The Bertz CT molecular complexity index is 499. The second-order valence-electron chi connectivity index (χ2n) is 5.90. The van der Waals surface area contributed by atoms with Crippen LogP contribution in [-0.2, 0) is 4.79 Å². The Labute approximate surface area is 121 Å². The number of ether oxygens (including phenoxy) is 1. The van der Waals surface area contributed by atoms with Gasteiger partial charge in [0.1, 0.15) is 11.9 Å². The van der Waals surface area contributed by atoms with Gasteiger partial charge in [-0.05, 0) is 43.0 Å². The van der Waals surface area contributed by atoms with E-state index in [1.54, 1.807) is 7.11 Å². The van der Waals surface area contributed by atoms with Gasteiger partial charge in [-0.25, -0.2) is 0 Å². The van der Waals surface area contributed by atoms with Gasteiger partial charge in [0.05, 0.1) is 13.2 Å². The lowest BCUT2D eigenvalue weighted by atomic mass is 10.1. The second-order valence-corrected chi connectivity index (χ2v) is 5.90. The predicted molar refractivity (Wildman–Crippen MR) is 79.6 cm³/mol. The molecule has 1 aliphatic rings. The van der Waals surface area contributed by atoms with Crippen molar-refractivity contribution < 1.29 is 9.53 Å². The number of nitrogens with zero attached hydrogens (tertiary/aromatic N) is 1. The molecule has 110 valence electrons. The van der Waals surface area contributed by atoms with Crippen molar-refractivity contribution in [1.82, 2.24) is 10.2 Å². The quantitative estimate of drug-likeness (QED) is 0.918. The molecule has 2 rings (SSSR count). The Kier molecular flexibility index (Phi) is 4.33. The summed E-state index contributed by atoms with van der Waals surface area (Å²) in [4.78, 5) is 14.2. The molecule has 0 spiro atoms. The minimum atomic E-state index is -0.124. The molecule has 1 aliphatic heterocycles. The van der Waals surface area contributed by atoms with E-state index in [1.807, 2.05) is 30.9 Å². The predicted octanol–water partition coefficient (Wildman–Crippen LogP) is 2.48. The maximum Gasteiger partial charge on any atom is 0.241 e. The third kappa shape index (κ3) is 2.80. The molecule has 0 aromatic heterocycles. The number of carbonyl (C=O) groups excluding carboxylic acids is 1. The number of hydrogen-bond acceptors (Lipinski definition) is 3. The molecule has 4 heteroatoms. The molecule has 1 aromatic carbocycles. The molecule has 1 aromatic rings. The number of aryl methyl sites for hydroxylation is 1.